The summed E-state index contributed by atoms with van der Waals surface area (Å²) in [6.45, 7) is 3.37. The average Bonchev–Trinajstić information content (AvgIpc) is 3.15. The van der Waals surface area contributed by atoms with E-state index in [-0.39, 0.29) is 11.7 Å². The van der Waals surface area contributed by atoms with E-state index >= 15 is 0 Å². The van der Waals surface area contributed by atoms with Gasteiger partial charge in [0.05, 0.1) is 17.0 Å². The number of carbonyl (C=O) groups excluding carboxylic acids is 1. The summed E-state index contributed by atoms with van der Waals surface area (Å²) in [6.07, 6.45) is 5.64. The lowest BCUT2D eigenvalue weighted by Gasteiger charge is -2.26. The van der Waals surface area contributed by atoms with Crippen molar-refractivity contribution in [2.75, 3.05) is 23.3 Å². The molecule has 3 aromatic rings. The molecule has 1 atom stereocenters. The lowest BCUT2D eigenvalue weighted by Crippen LogP contribution is -2.29. The largest absolute Gasteiger partial charge is 0.451 e. The van der Waals surface area contributed by atoms with Crippen LogP contribution in [-0.4, -0.2) is 34.7 Å². The first-order valence-corrected chi connectivity index (χ1v) is 10.4. The Bertz CT molecular complexity index is 1030. The fourth-order valence-corrected chi connectivity index (χ4v) is 3.88. The van der Waals surface area contributed by atoms with E-state index in [1.807, 2.05) is 31.2 Å². The molecule has 4 rings (SSSR count). The summed E-state index contributed by atoms with van der Waals surface area (Å²) in [7, 11) is 0. The molecule has 156 valence electrons. The SMILES string of the molecule is CC1(O)CCCN(c2ccc(Cl)cc2NC(=O)c2ccc(-c3ccncc3)o2)CC1. The zero-order valence-corrected chi connectivity index (χ0v) is 17.5. The highest BCUT2D eigenvalue weighted by atomic mass is 35.5. The van der Waals surface area contributed by atoms with E-state index in [2.05, 4.69) is 15.2 Å². The number of hydrogen-bond donors (Lipinski definition) is 2. The summed E-state index contributed by atoms with van der Waals surface area (Å²) in [5.41, 5.74) is 1.69. The highest BCUT2D eigenvalue weighted by Crippen LogP contribution is 2.33. The maximum Gasteiger partial charge on any atom is 0.291 e. The highest BCUT2D eigenvalue weighted by Gasteiger charge is 2.26. The van der Waals surface area contributed by atoms with Crippen molar-refractivity contribution in [1.82, 2.24) is 4.98 Å². The van der Waals surface area contributed by atoms with Gasteiger partial charge in [0.15, 0.2) is 5.76 Å². The Hall–Kier alpha value is -2.83. The quantitative estimate of drug-likeness (QED) is 0.615. The van der Waals surface area contributed by atoms with Gasteiger partial charge in [0.1, 0.15) is 5.76 Å². The van der Waals surface area contributed by atoms with Gasteiger partial charge in [-0.25, -0.2) is 0 Å². The number of hydrogen-bond acceptors (Lipinski definition) is 5. The zero-order chi connectivity index (χ0) is 21.1. The second kappa shape index (κ2) is 8.50. The molecule has 0 aliphatic carbocycles. The minimum atomic E-state index is -0.665. The summed E-state index contributed by atoms with van der Waals surface area (Å²) < 4.78 is 5.75. The molecular weight excluding hydrogens is 402 g/mol. The normalized spacial score (nSPS) is 19.4. The molecule has 0 spiro atoms. The first-order valence-electron chi connectivity index (χ1n) is 10.00. The maximum atomic E-state index is 12.9. The van der Waals surface area contributed by atoms with Crippen LogP contribution in [0.25, 0.3) is 11.3 Å². The molecule has 1 saturated heterocycles. The summed E-state index contributed by atoms with van der Waals surface area (Å²) in [5, 5.41) is 13.9. The lowest BCUT2D eigenvalue weighted by molar-refractivity contribution is 0.0481. The van der Waals surface area contributed by atoms with Crippen molar-refractivity contribution in [3.63, 3.8) is 0 Å². The van der Waals surface area contributed by atoms with Gasteiger partial charge in [-0.2, -0.15) is 0 Å². The third kappa shape index (κ3) is 4.66. The predicted molar refractivity (Wildman–Crippen MR) is 118 cm³/mol. The fraction of sp³-hybridized carbons (Fsp3) is 0.304. The van der Waals surface area contributed by atoms with Crippen LogP contribution in [0.5, 0.6) is 0 Å². The van der Waals surface area contributed by atoms with E-state index in [1.54, 1.807) is 30.6 Å². The van der Waals surface area contributed by atoms with E-state index in [0.717, 1.165) is 30.6 Å². The molecule has 6 nitrogen and oxygen atoms in total. The standard InChI is InChI=1S/C23H24ClN3O3/c1-23(29)9-2-13-27(14-10-23)19-4-3-17(24)15-18(19)26-22(28)21-6-5-20(30-21)16-7-11-25-12-8-16/h3-8,11-12,15,29H,2,9-10,13-14H2,1H3,(H,26,28). The molecule has 2 N–H and O–H groups in total. The van der Waals surface area contributed by atoms with Gasteiger partial charge in [-0.3, -0.25) is 9.78 Å². The second-order valence-corrected chi connectivity index (χ2v) is 8.29. The van der Waals surface area contributed by atoms with Crippen LogP contribution in [0, 0.1) is 0 Å². The van der Waals surface area contributed by atoms with E-state index in [9.17, 15) is 9.90 Å². The van der Waals surface area contributed by atoms with Crippen LogP contribution in [0.3, 0.4) is 0 Å². The van der Waals surface area contributed by atoms with Gasteiger partial charge in [0.25, 0.3) is 5.91 Å². The lowest BCUT2D eigenvalue weighted by atomic mass is 9.98. The maximum absolute atomic E-state index is 12.9. The number of carbonyl (C=O) groups is 1. The first-order chi connectivity index (χ1) is 14.4. The molecule has 1 unspecified atom stereocenters. The molecule has 1 fully saturated rings. The average molecular weight is 426 g/mol. The third-order valence-electron chi connectivity index (χ3n) is 5.41. The molecule has 1 aliphatic rings. The van der Waals surface area contributed by atoms with Gasteiger partial charge >= 0.3 is 0 Å². The molecular formula is C23H24ClN3O3. The molecule has 30 heavy (non-hydrogen) atoms. The van der Waals surface area contributed by atoms with Gasteiger partial charge in [0, 0.05) is 36.1 Å². The predicted octanol–water partition coefficient (Wildman–Crippen LogP) is 4.99. The minimum Gasteiger partial charge on any atom is -0.451 e. The molecule has 1 aromatic carbocycles. The minimum absolute atomic E-state index is 0.214. The number of benzene rings is 1. The van der Waals surface area contributed by atoms with Crippen molar-refractivity contribution in [2.24, 2.45) is 0 Å². The number of aliphatic hydroxyl groups is 1. The van der Waals surface area contributed by atoms with Crippen molar-refractivity contribution in [2.45, 2.75) is 31.8 Å². The van der Waals surface area contributed by atoms with Crippen LogP contribution >= 0.6 is 11.6 Å². The number of amides is 1. The van der Waals surface area contributed by atoms with Gasteiger partial charge in [-0.15, -0.1) is 0 Å². The third-order valence-corrected chi connectivity index (χ3v) is 5.64. The van der Waals surface area contributed by atoms with Crippen LogP contribution in [0.15, 0.2) is 59.3 Å². The van der Waals surface area contributed by atoms with E-state index in [4.69, 9.17) is 16.0 Å². The number of nitrogens with one attached hydrogen (secondary N) is 1. The monoisotopic (exact) mass is 425 g/mol. The molecule has 7 heteroatoms. The van der Waals surface area contributed by atoms with E-state index < -0.39 is 5.60 Å². The number of aromatic nitrogens is 1. The van der Waals surface area contributed by atoms with Gasteiger partial charge in [-0.05, 0) is 68.7 Å². The Morgan fingerprint density at radius 2 is 1.97 bits per heavy atom. The summed E-state index contributed by atoms with van der Waals surface area (Å²) in [5.74, 6) is 0.468. The summed E-state index contributed by atoms with van der Waals surface area (Å²) in [6, 6.07) is 12.5. The summed E-state index contributed by atoms with van der Waals surface area (Å²) >= 11 is 6.21. The first kappa shape index (κ1) is 20.4. The Kier molecular flexibility index (Phi) is 5.79. The topological polar surface area (TPSA) is 78.6 Å². The van der Waals surface area contributed by atoms with Gasteiger partial charge in [0.2, 0.25) is 0 Å². The molecule has 1 aliphatic heterocycles. The van der Waals surface area contributed by atoms with Crippen molar-refractivity contribution in [3.8, 4) is 11.3 Å². The van der Waals surface area contributed by atoms with Crippen molar-refractivity contribution >= 4 is 28.9 Å². The van der Waals surface area contributed by atoms with E-state index in [0.29, 0.717) is 29.4 Å². The van der Waals surface area contributed by atoms with Crippen LogP contribution in [0.1, 0.15) is 36.7 Å². The molecule has 0 bridgehead atoms. The smallest absolute Gasteiger partial charge is 0.291 e. The Labute approximate surface area is 180 Å². The zero-order valence-electron chi connectivity index (χ0n) is 16.8. The summed E-state index contributed by atoms with van der Waals surface area (Å²) in [4.78, 5) is 19.0. The molecule has 0 saturated carbocycles. The molecule has 3 heterocycles. The highest BCUT2D eigenvalue weighted by molar-refractivity contribution is 6.31. The number of anilines is 2. The van der Waals surface area contributed by atoms with Crippen LogP contribution in [-0.2, 0) is 0 Å². The van der Waals surface area contributed by atoms with Gasteiger partial charge in [-0.1, -0.05) is 11.6 Å². The molecule has 1 amide bonds. The Morgan fingerprint density at radius 3 is 2.77 bits per heavy atom. The number of halogens is 1. The Balaban J connectivity index is 1.55. The number of rotatable bonds is 4. The van der Waals surface area contributed by atoms with Gasteiger partial charge < -0.3 is 19.7 Å². The van der Waals surface area contributed by atoms with Crippen LogP contribution < -0.4 is 10.2 Å². The fourth-order valence-electron chi connectivity index (χ4n) is 3.70. The second-order valence-electron chi connectivity index (χ2n) is 7.85. The Morgan fingerprint density at radius 1 is 1.17 bits per heavy atom. The molecule has 0 radical (unpaired) electrons. The van der Waals surface area contributed by atoms with E-state index in [1.165, 1.54) is 0 Å². The number of furan rings is 1. The van der Waals surface area contributed by atoms with Crippen LogP contribution in [0.2, 0.25) is 5.02 Å². The molecule has 2 aromatic heterocycles. The van der Waals surface area contributed by atoms with Crippen molar-refractivity contribution in [3.05, 3.63) is 65.6 Å². The number of pyridine rings is 1. The van der Waals surface area contributed by atoms with Crippen molar-refractivity contribution < 1.29 is 14.3 Å². The van der Waals surface area contributed by atoms with Crippen LogP contribution in [0.4, 0.5) is 11.4 Å². The van der Waals surface area contributed by atoms with Crippen molar-refractivity contribution in [1.29, 1.82) is 0 Å². The number of nitrogens with zero attached hydrogens (tertiary/aromatic N) is 2.